The maximum atomic E-state index is 14.1. The second-order valence-electron chi connectivity index (χ2n) is 9.82. The highest BCUT2D eigenvalue weighted by molar-refractivity contribution is 7.92. The topological polar surface area (TPSA) is 139 Å². The number of methoxy groups -OCH3 is 1. The monoisotopic (exact) mass is 630 g/mol. The maximum Gasteiger partial charge on any atom is 0.273 e. The lowest BCUT2D eigenvalue weighted by Crippen LogP contribution is -2.52. The van der Waals surface area contributed by atoms with Crippen LogP contribution in [-0.4, -0.2) is 62.8 Å². The molecule has 0 heterocycles. The average Bonchev–Trinajstić information content (AvgIpc) is 2.98. The number of anilines is 1. The first-order valence-electron chi connectivity index (χ1n) is 13.6. The number of aryl methyl sites for hydroxylation is 1. The summed E-state index contributed by atoms with van der Waals surface area (Å²) in [5, 5.41) is 14.6. The molecule has 0 aliphatic rings. The van der Waals surface area contributed by atoms with Crippen LogP contribution in [0, 0.1) is 17.0 Å². The number of nitro groups is 1. The first-order valence-corrected chi connectivity index (χ1v) is 15.4. The summed E-state index contributed by atoms with van der Waals surface area (Å²) in [6, 6.07) is 16.2. The highest BCUT2D eigenvalue weighted by Crippen LogP contribution is 2.36. The van der Waals surface area contributed by atoms with Crippen molar-refractivity contribution < 1.29 is 27.7 Å². The van der Waals surface area contributed by atoms with Crippen LogP contribution in [-0.2, 0) is 26.0 Å². The molecule has 3 aromatic carbocycles. The summed E-state index contributed by atoms with van der Waals surface area (Å²) >= 11 is 6.24. The van der Waals surface area contributed by atoms with Gasteiger partial charge < -0.3 is 15.0 Å². The first kappa shape index (κ1) is 33.3. The Morgan fingerprint density at radius 1 is 1.09 bits per heavy atom. The number of benzene rings is 3. The number of ether oxygens (including phenoxy) is 1. The van der Waals surface area contributed by atoms with Gasteiger partial charge in [0, 0.05) is 29.7 Å². The van der Waals surface area contributed by atoms with Gasteiger partial charge in [-0.05, 0) is 56.5 Å². The molecule has 0 bridgehead atoms. The molecule has 230 valence electrons. The summed E-state index contributed by atoms with van der Waals surface area (Å²) < 4.78 is 34.5. The molecular weight excluding hydrogens is 596 g/mol. The summed E-state index contributed by atoms with van der Waals surface area (Å²) in [5.41, 5.74) is 0.758. The predicted octanol–water partition coefficient (Wildman–Crippen LogP) is 4.75. The van der Waals surface area contributed by atoms with Crippen LogP contribution in [0.1, 0.15) is 31.4 Å². The van der Waals surface area contributed by atoms with E-state index in [-0.39, 0.29) is 34.5 Å². The number of nitrogens with one attached hydrogen (secondary N) is 1. The van der Waals surface area contributed by atoms with Gasteiger partial charge in [0.1, 0.15) is 18.3 Å². The molecule has 43 heavy (non-hydrogen) atoms. The summed E-state index contributed by atoms with van der Waals surface area (Å²) in [5.74, 6) is -0.943. The zero-order chi connectivity index (χ0) is 31.7. The molecule has 0 saturated heterocycles. The Balaban J connectivity index is 2.10. The number of amides is 2. The van der Waals surface area contributed by atoms with Crippen molar-refractivity contribution in [3.63, 3.8) is 0 Å². The van der Waals surface area contributed by atoms with Crippen LogP contribution in [0.2, 0.25) is 5.02 Å². The van der Waals surface area contributed by atoms with E-state index >= 15 is 0 Å². The van der Waals surface area contributed by atoms with Gasteiger partial charge in [0.25, 0.3) is 15.7 Å². The van der Waals surface area contributed by atoms with Crippen molar-refractivity contribution in [3.8, 4) is 5.75 Å². The van der Waals surface area contributed by atoms with Crippen LogP contribution in [0.4, 0.5) is 11.4 Å². The molecule has 0 aliphatic carbocycles. The summed E-state index contributed by atoms with van der Waals surface area (Å²) in [4.78, 5) is 38.9. The van der Waals surface area contributed by atoms with E-state index in [1.54, 1.807) is 6.92 Å². The van der Waals surface area contributed by atoms with Crippen molar-refractivity contribution in [1.29, 1.82) is 0 Å². The number of nitro benzene ring substituents is 1. The third-order valence-corrected chi connectivity index (χ3v) is 8.85. The highest BCUT2D eigenvalue weighted by atomic mass is 35.5. The van der Waals surface area contributed by atoms with Gasteiger partial charge in [-0.1, -0.05) is 54.9 Å². The van der Waals surface area contributed by atoms with Gasteiger partial charge in [-0.25, -0.2) is 8.42 Å². The molecule has 0 radical (unpaired) electrons. The molecule has 13 heteroatoms. The van der Waals surface area contributed by atoms with Gasteiger partial charge in [0.15, 0.2) is 0 Å². The summed E-state index contributed by atoms with van der Waals surface area (Å²) in [7, 11) is -3.25. The molecule has 1 N–H and O–H groups in total. The lowest BCUT2D eigenvalue weighted by atomic mass is 10.1. The molecule has 0 unspecified atom stereocenters. The van der Waals surface area contributed by atoms with Crippen LogP contribution in [0.25, 0.3) is 0 Å². The smallest absolute Gasteiger partial charge is 0.273 e. The number of carbonyl (C=O) groups is 2. The number of hydrogen-bond acceptors (Lipinski definition) is 7. The minimum atomic E-state index is -4.59. The molecule has 1 atom stereocenters. The standard InChI is InChI=1S/C30H35ClN4O7S/c1-5-16-32-30(37)22(3)33(17-15-23-9-7-6-8-10-23)29(36)20-34(27-18-24(31)12-14-28(27)42-4)43(40,41)25-13-11-21(2)26(19-25)35(38)39/h6-14,18-19,22H,5,15-17,20H2,1-4H3,(H,32,37)/t22-/m0/s1. The Hall–Kier alpha value is -4.16. The molecular formula is C30H35ClN4O7S. The Labute approximate surface area is 256 Å². The number of nitrogens with zero attached hydrogens (tertiary/aromatic N) is 3. The maximum absolute atomic E-state index is 14.1. The van der Waals surface area contributed by atoms with Crippen molar-refractivity contribution in [1.82, 2.24) is 10.2 Å². The molecule has 0 aromatic heterocycles. The van der Waals surface area contributed by atoms with Gasteiger partial charge in [-0.2, -0.15) is 0 Å². The van der Waals surface area contributed by atoms with Crippen LogP contribution < -0.4 is 14.4 Å². The lowest BCUT2D eigenvalue weighted by molar-refractivity contribution is -0.385. The largest absolute Gasteiger partial charge is 0.495 e. The minimum absolute atomic E-state index is 0.0438. The van der Waals surface area contributed by atoms with Crippen molar-refractivity contribution in [2.75, 3.05) is 31.0 Å². The van der Waals surface area contributed by atoms with Crippen LogP contribution in [0.3, 0.4) is 0 Å². The van der Waals surface area contributed by atoms with Gasteiger partial charge in [-0.3, -0.25) is 24.0 Å². The van der Waals surface area contributed by atoms with Gasteiger partial charge in [0.05, 0.1) is 22.6 Å². The molecule has 0 aliphatic heterocycles. The average molecular weight is 631 g/mol. The molecule has 0 fully saturated rings. The highest BCUT2D eigenvalue weighted by Gasteiger charge is 2.34. The van der Waals surface area contributed by atoms with Crippen LogP contribution >= 0.6 is 11.6 Å². The van der Waals surface area contributed by atoms with Gasteiger partial charge >= 0.3 is 0 Å². The number of halogens is 1. The van der Waals surface area contributed by atoms with Crippen molar-refractivity contribution >= 4 is 44.8 Å². The second-order valence-corrected chi connectivity index (χ2v) is 12.1. The van der Waals surface area contributed by atoms with Crippen molar-refractivity contribution in [2.45, 2.75) is 44.6 Å². The zero-order valence-corrected chi connectivity index (χ0v) is 26.0. The molecule has 3 aromatic rings. The van der Waals surface area contributed by atoms with E-state index in [0.717, 1.165) is 15.9 Å². The van der Waals surface area contributed by atoms with E-state index in [4.69, 9.17) is 16.3 Å². The predicted molar refractivity (Wildman–Crippen MR) is 165 cm³/mol. The van der Waals surface area contributed by atoms with Gasteiger partial charge in [0.2, 0.25) is 11.8 Å². The SMILES string of the molecule is CCCNC(=O)[C@H](C)N(CCc1ccccc1)C(=O)CN(c1cc(Cl)ccc1OC)S(=O)(=O)c1ccc(C)c([N+](=O)[O-])c1. The van der Waals surface area contributed by atoms with E-state index < -0.39 is 44.0 Å². The molecule has 11 nitrogen and oxygen atoms in total. The van der Waals surface area contributed by atoms with E-state index in [0.29, 0.717) is 19.4 Å². The van der Waals surface area contributed by atoms with E-state index in [9.17, 15) is 28.1 Å². The quantitative estimate of drug-likeness (QED) is 0.200. The molecule has 3 rings (SSSR count). The molecule has 0 saturated carbocycles. The minimum Gasteiger partial charge on any atom is -0.495 e. The number of sulfonamides is 1. The summed E-state index contributed by atoms with van der Waals surface area (Å²) in [6.45, 7) is 4.78. The second kappa shape index (κ2) is 14.8. The van der Waals surface area contributed by atoms with Crippen molar-refractivity contribution in [2.24, 2.45) is 0 Å². The zero-order valence-electron chi connectivity index (χ0n) is 24.4. The fraction of sp³-hybridized carbons (Fsp3) is 0.333. The summed E-state index contributed by atoms with van der Waals surface area (Å²) in [6.07, 6.45) is 1.11. The third kappa shape index (κ3) is 8.23. The van der Waals surface area contributed by atoms with E-state index in [1.807, 2.05) is 37.3 Å². The van der Waals surface area contributed by atoms with Crippen LogP contribution in [0.5, 0.6) is 5.75 Å². The Morgan fingerprint density at radius 2 is 1.79 bits per heavy atom. The Bertz CT molecular complexity index is 1570. The fourth-order valence-corrected chi connectivity index (χ4v) is 6.01. The first-order chi connectivity index (χ1) is 20.4. The molecule has 2 amide bonds. The lowest BCUT2D eigenvalue weighted by Gasteiger charge is -2.32. The normalized spacial score (nSPS) is 11.8. The number of hydrogen-bond donors (Lipinski definition) is 1. The van der Waals surface area contributed by atoms with E-state index in [1.165, 1.54) is 49.3 Å². The van der Waals surface area contributed by atoms with Crippen LogP contribution in [0.15, 0.2) is 71.6 Å². The van der Waals surface area contributed by atoms with Crippen molar-refractivity contribution in [3.05, 3.63) is 93.0 Å². The number of carbonyl (C=O) groups excluding carboxylic acids is 2. The van der Waals surface area contributed by atoms with E-state index in [2.05, 4.69) is 5.32 Å². The third-order valence-electron chi connectivity index (χ3n) is 6.85. The molecule has 0 spiro atoms. The number of rotatable bonds is 14. The fourth-order valence-electron chi connectivity index (χ4n) is 4.41. The van der Waals surface area contributed by atoms with Gasteiger partial charge in [-0.15, -0.1) is 0 Å². The Kier molecular flexibility index (Phi) is 11.5. The Morgan fingerprint density at radius 3 is 2.42 bits per heavy atom.